The van der Waals surface area contributed by atoms with Gasteiger partial charge in [0.1, 0.15) is 11.9 Å². The number of hydrogen-bond donors (Lipinski definition) is 3. The fourth-order valence-corrected chi connectivity index (χ4v) is 6.15. The molecule has 1 fully saturated rings. The number of carboxylic acid groups (broad SMARTS) is 1. The van der Waals surface area contributed by atoms with Crippen molar-refractivity contribution < 1.29 is 19.7 Å². The van der Waals surface area contributed by atoms with Crippen LogP contribution in [-0.4, -0.2) is 31.8 Å². The molecule has 0 spiro atoms. The van der Waals surface area contributed by atoms with Gasteiger partial charge in [-0.1, -0.05) is 24.6 Å². The molecule has 4 atom stereocenters. The van der Waals surface area contributed by atoms with Crippen LogP contribution in [0.2, 0.25) is 0 Å². The summed E-state index contributed by atoms with van der Waals surface area (Å²) in [4.78, 5) is 16.9. The van der Waals surface area contributed by atoms with Gasteiger partial charge in [-0.2, -0.15) is 0 Å². The third-order valence-electron chi connectivity index (χ3n) is 7.94. The molecule has 7 nitrogen and oxygen atoms in total. The number of nitrogens with zero attached hydrogens (tertiary/aromatic N) is 2. The van der Waals surface area contributed by atoms with Crippen LogP contribution in [0.25, 0.3) is 11.0 Å². The van der Waals surface area contributed by atoms with Crippen molar-refractivity contribution in [3.05, 3.63) is 58.4 Å². The topological polar surface area (TPSA) is 96.6 Å². The van der Waals surface area contributed by atoms with Crippen LogP contribution in [0.4, 0.5) is 5.69 Å². The molecule has 1 aromatic heterocycles. The number of rotatable bonds is 4. The van der Waals surface area contributed by atoms with Crippen LogP contribution >= 0.6 is 0 Å². The molecule has 2 aromatic carbocycles. The number of carboxylic acids is 1. The molecule has 3 N–H and O–H groups in total. The van der Waals surface area contributed by atoms with Crippen molar-refractivity contribution >= 4 is 22.7 Å². The summed E-state index contributed by atoms with van der Waals surface area (Å²) in [6.45, 7) is 3.24. The van der Waals surface area contributed by atoms with E-state index < -0.39 is 12.1 Å². The molecular formula is C27H31N3O4. The molecule has 3 aromatic rings. The fourth-order valence-electron chi connectivity index (χ4n) is 6.15. The summed E-state index contributed by atoms with van der Waals surface area (Å²) in [5, 5.41) is 25.0. The van der Waals surface area contributed by atoms with Gasteiger partial charge in [-0.15, -0.1) is 0 Å². The van der Waals surface area contributed by atoms with Crippen molar-refractivity contribution in [3.8, 4) is 0 Å². The van der Waals surface area contributed by atoms with Gasteiger partial charge in [-0.3, -0.25) is 4.79 Å². The Kier molecular flexibility index (Phi) is 5.34. The number of aliphatic hydroxyl groups excluding tert-OH is 1. The van der Waals surface area contributed by atoms with E-state index in [0.717, 1.165) is 59.1 Å². The number of fused-ring (bicyclic) bond motifs is 4. The van der Waals surface area contributed by atoms with Crippen molar-refractivity contribution in [3.63, 3.8) is 0 Å². The van der Waals surface area contributed by atoms with Gasteiger partial charge in [-0.25, -0.2) is 4.98 Å². The third kappa shape index (κ3) is 3.49. The van der Waals surface area contributed by atoms with E-state index in [4.69, 9.17) is 9.72 Å². The molecular weight excluding hydrogens is 430 g/mol. The molecule has 0 amide bonds. The zero-order chi connectivity index (χ0) is 23.4. The van der Waals surface area contributed by atoms with Crippen LogP contribution in [-0.2, 0) is 29.2 Å². The molecule has 178 valence electrons. The Labute approximate surface area is 198 Å². The Morgan fingerprint density at radius 2 is 2.06 bits per heavy atom. The Hall–Kier alpha value is -2.90. The van der Waals surface area contributed by atoms with Gasteiger partial charge < -0.3 is 24.8 Å². The molecule has 7 heteroatoms. The van der Waals surface area contributed by atoms with Crippen LogP contribution in [0.3, 0.4) is 0 Å². The molecule has 6 rings (SSSR count). The maximum atomic E-state index is 11.8. The number of hydrogen-bond acceptors (Lipinski definition) is 5. The third-order valence-corrected chi connectivity index (χ3v) is 7.94. The van der Waals surface area contributed by atoms with E-state index in [1.165, 1.54) is 5.56 Å². The number of nitrogens with one attached hydrogen (secondary N) is 1. The van der Waals surface area contributed by atoms with E-state index in [0.29, 0.717) is 37.9 Å². The first-order valence-corrected chi connectivity index (χ1v) is 12.4. The number of imidazole rings is 1. The number of aryl methyl sites for hydroxylation is 1. The first-order valence-electron chi connectivity index (χ1n) is 12.4. The second kappa shape index (κ2) is 8.40. The van der Waals surface area contributed by atoms with E-state index in [-0.39, 0.29) is 12.0 Å². The van der Waals surface area contributed by atoms with Gasteiger partial charge >= 0.3 is 5.97 Å². The SMILES string of the molecule is C[C@H]1CCc2c(ccc3c2nc(C(O)c2cccc4c2COC4)n3C2CCCC(C(=O)O)C2)N1. The number of aliphatic hydroxyl groups is 1. The van der Waals surface area contributed by atoms with E-state index in [1.807, 2.05) is 18.2 Å². The minimum atomic E-state index is -0.902. The van der Waals surface area contributed by atoms with Crippen molar-refractivity contribution in [1.29, 1.82) is 0 Å². The number of benzene rings is 2. The quantitative estimate of drug-likeness (QED) is 0.521. The van der Waals surface area contributed by atoms with Crippen LogP contribution in [0.5, 0.6) is 0 Å². The Bertz CT molecular complexity index is 1270. The number of carbonyl (C=O) groups is 1. The van der Waals surface area contributed by atoms with E-state index >= 15 is 0 Å². The van der Waals surface area contributed by atoms with Gasteiger partial charge in [0.15, 0.2) is 0 Å². The van der Waals surface area contributed by atoms with Gasteiger partial charge in [0, 0.05) is 23.3 Å². The fraction of sp³-hybridized carbons (Fsp3) is 0.481. The van der Waals surface area contributed by atoms with Gasteiger partial charge in [0.05, 0.1) is 30.2 Å². The lowest BCUT2D eigenvalue weighted by molar-refractivity contribution is -0.143. The second-order valence-corrected chi connectivity index (χ2v) is 10.1. The highest BCUT2D eigenvalue weighted by Gasteiger charge is 2.34. The molecule has 34 heavy (non-hydrogen) atoms. The lowest BCUT2D eigenvalue weighted by atomic mass is 9.85. The summed E-state index contributed by atoms with van der Waals surface area (Å²) in [5.74, 6) is -0.487. The molecule has 0 saturated heterocycles. The molecule has 2 aliphatic heterocycles. The number of ether oxygens (including phenoxy) is 1. The Balaban J connectivity index is 1.52. The molecule has 3 unspecified atom stereocenters. The normalized spacial score (nSPS) is 24.9. The first kappa shape index (κ1) is 21.6. The summed E-state index contributed by atoms with van der Waals surface area (Å²) >= 11 is 0. The summed E-state index contributed by atoms with van der Waals surface area (Å²) in [6, 6.07) is 10.6. The summed E-state index contributed by atoms with van der Waals surface area (Å²) in [5.41, 5.74) is 7.19. The highest BCUT2D eigenvalue weighted by Crippen LogP contribution is 2.41. The Morgan fingerprint density at radius 3 is 2.91 bits per heavy atom. The Morgan fingerprint density at radius 1 is 1.18 bits per heavy atom. The van der Waals surface area contributed by atoms with Gasteiger partial charge in [0.25, 0.3) is 0 Å². The number of aliphatic carboxylic acids is 1. The van der Waals surface area contributed by atoms with E-state index in [2.05, 4.69) is 28.9 Å². The summed E-state index contributed by atoms with van der Waals surface area (Å²) in [7, 11) is 0. The minimum absolute atomic E-state index is 0.00830. The van der Waals surface area contributed by atoms with Gasteiger partial charge in [-0.05, 0) is 67.9 Å². The number of aromatic nitrogens is 2. The second-order valence-electron chi connectivity index (χ2n) is 10.1. The van der Waals surface area contributed by atoms with E-state index in [9.17, 15) is 15.0 Å². The van der Waals surface area contributed by atoms with Crippen LogP contribution in [0.15, 0.2) is 30.3 Å². The lowest BCUT2D eigenvalue weighted by Crippen LogP contribution is -2.26. The zero-order valence-electron chi connectivity index (χ0n) is 19.5. The minimum Gasteiger partial charge on any atom is -0.481 e. The van der Waals surface area contributed by atoms with Gasteiger partial charge in [0.2, 0.25) is 0 Å². The smallest absolute Gasteiger partial charge is 0.306 e. The predicted octanol–water partition coefficient (Wildman–Crippen LogP) is 4.71. The highest BCUT2D eigenvalue weighted by molar-refractivity contribution is 5.86. The van der Waals surface area contributed by atoms with Crippen molar-refractivity contribution in [2.24, 2.45) is 5.92 Å². The maximum absolute atomic E-state index is 11.8. The standard InChI is InChI=1S/C27H31N3O4/c1-15-8-9-20-22(28-15)10-11-23-24(20)29-26(30(23)18-6-2-4-16(12-18)27(32)33)25(31)19-7-3-5-17-13-34-14-21(17)19/h3,5,7,10-11,15-16,18,25,28,31H,2,4,6,8-9,12-14H2,1H3,(H,32,33)/t15-,16?,18?,25?/m0/s1. The molecule has 3 aliphatic rings. The monoisotopic (exact) mass is 461 g/mol. The van der Waals surface area contributed by atoms with Crippen LogP contribution in [0.1, 0.15) is 79.3 Å². The highest BCUT2D eigenvalue weighted by atomic mass is 16.5. The number of anilines is 1. The average Bonchev–Trinajstić information content (AvgIpc) is 3.48. The van der Waals surface area contributed by atoms with E-state index in [1.54, 1.807) is 0 Å². The zero-order valence-corrected chi connectivity index (χ0v) is 19.5. The van der Waals surface area contributed by atoms with Crippen LogP contribution in [0, 0.1) is 5.92 Å². The molecule has 1 aliphatic carbocycles. The summed E-state index contributed by atoms with van der Waals surface area (Å²) in [6.07, 6.45) is 4.07. The maximum Gasteiger partial charge on any atom is 0.306 e. The first-order chi connectivity index (χ1) is 16.5. The summed E-state index contributed by atoms with van der Waals surface area (Å²) < 4.78 is 7.82. The molecule has 0 bridgehead atoms. The van der Waals surface area contributed by atoms with Crippen LogP contribution < -0.4 is 5.32 Å². The molecule has 1 saturated carbocycles. The molecule has 0 radical (unpaired) electrons. The van der Waals surface area contributed by atoms with Crippen molar-refractivity contribution in [2.75, 3.05) is 5.32 Å². The average molecular weight is 462 g/mol. The van der Waals surface area contributed by atoms with Crippen molar-refractivity contribution in [1.82, 2.24) is 9.55 Å². The largest absolute Gasteiger partial charge is 0.481 e. The lowest BCUT2D eigenvalue weighted by Gasteiger charge is -2.30. The predicted molar refractivity (Wildman–Crippen MR) is 129 cm³/mol. The molecule has 3 heterocycles. The van der Waals surface area contributed by atoms with Crippen molar-refractivity contribution in [2.45, 2.75) is 76.9 Å².